The number of piperazine rings is 1. The molecule has 0 atom stereocenters. The van der Waals surface area contributed by atoms with Crippen molar-refractivity contribution >= 4 is 5.91 Å². The number of carbonyl (C=O) groups is 1. The standard InChI is InChI=1S/C23H26N4O3/c1-29-20-8-9-22(30-2)18(16-20)17-25-12-14-26(15-13-25)23(28)21-10-11-27(24-21)19-6-4-3-5-7-19/h3-11,16H,12-15,17H2,1-2H3. The van der Waals surface area contributed by atoms with Crippen molar-refractivity contribution in [2.45, 2.75) is 6.54 Å². The first-order valence-electron chi connectivity index (χ1n) is 10.0. The van der Waals surface area contributed by atoms with Gasteiger partial charge in [-0.05, 0) is 36.4 Å². The summed E-state index contributed by atoms with van der Waals surface area (Å²) in [4.78, 5) is 17.1. The summed E-state index contributed by atoms with van der Waals surface area (Å²) in [7, 11) is 3.34. The van der Waals surface area contributed by atoms with E-state index in [0.717, 1.165) is 42.4 Å². The van der Waals surface area contributed by atoms with Gasteiger partial charge in [-0.1, -0.05) is 18.2 Å². The van der Waals surface area contributed by atoms with Gasteiger partial charge in [-0.15, -0.1) is 0 Å². The molecule has 30 heavy (non-hydrogen) atoms. The van der Waals surface area contributed by atoms with E-state index < -0.39 is 0 Å². The quantitative estimate of drug-likeness (QED) is 0.630. The molecular formula is C23H26N4O3. The second-order valence-electron chi connectivity index (χ2n) is 7.23. The first kappa shape index (κ1) is 20.0. The largest absolute Gasteiger partial charge is 0.497 e. The lowest BCUT2D eigenvalue weighted by atomic mass is 10.1. The third-order valence-corrected chi connectivity index (χ3v) is 5.37. The third-order valence-electron chi connectivity index (χ3n) is 5.37. The molecule has 1 saturated heterocycles. The smallest absolute Gasteiger partial charge is 0.274 e. The van der Waals surface area contributed by atoms with Crippen LogP contribution in [0.1, 0.15) is 16.1 Å². The second-order valence-corrected chi connectivity index (χ2v) is 7.23. The molecule has 0 radical (unpaired) electrons. The molecule has 7 heteroatoms. The lowest BCUT2D eigenvalue weighted by Crippen LogP contribution is -2.48. The number of rotatable bonds is 6. The Hall–Kier alpha value is -3.32. The zero-order chi connectivity index (χ0) is 20.9. The van der Waals surface area contributed by atoms with Gasteiger partial charge in [0.25, 0.3) is 5.91 Å². The van der Waals surface area contributed by atoms with Crippen LogP contribution in [0.2, 0.25) is 0 Å². The minimum absolute atomic E-state index is 0.0247. The van der Waals surface area contributed by atoms with Gasteiger partial charge in [-0.2, -0.15) is 5.10 Å². The normalized spacial score (nSPS) is 14.5. The summed E-state index contributed by atoms with van der Waals surface area (Å²) in [5.74, 6) is 1.64. The van der Waals surface area contributed by atoms with Gasteiger partial charge in [0.05, 0.1) is 19.9 Å². The van der Waals surface area contributed by atoms with Crippen LogP contribution < -0.4 is 9.47 Å². The fraction of sp³-hybridized carbons (Fsp3) is 0.304. The molecule has 0 aliphatic carbocycles. The van der Waals surface area contributed by atoms with Crippen LogP contribution in [0.25, 0.3) is 5.69 Å². The molecule has 4 rings (SSSR count). The highest BCUT2D eigenvalue weighted by Crippen LogP contribution is 2.25. The molecule has 0 N–H and O–H groups in total. The molecular weight excluding hydrogens is 380 g/mol. The summed E-state index contributed by atoms with van der Waals surface area (Å²) in [6.45, 7) is 3.69. The second kappa shape index (κ2) is 9.00. The minimum atomic E-state index is -0.0247. The highest BCUT2D eigenvalue weighted by molar-refractivity contribution is 5.92. The SMILES string of the molecule is COc1ccc(OC)c(CN2CCN(C(=O)c3ccn(-c4ccccc4)n3)CC2)c1. The molecule has 1 aliphatic rings. The molecule has 0 bridgehead atoms. The van der Waals surface area contributed by atoms with E-state index in [2.05, 4.69) is 10.00 Å². The molecule has 1 aromatic heterocycles. The van der Waals surface area contributed by atoms with Crippen molar-refractivity contribution in [3.8, 4) is 17.2 Å². The number of aromatic nitrogens is 2. The monoisotopic (exact) mass is 406 g/mol. The Labute approximate surface area is 176 Å². The first-order chi connectivity index (χ1) is 14.7. The Bertz CT molecular complexity index is 995. The summed E-state index contributed by atoms with van der Waals surface area (Å²) >= 11 is 0. The van der Waals surface area contributed by atoms with Crippen LogP contribution in [0.3, 0.4) is 0 Å². The Kier molecular flexibility index (Phi) is 5.99. The van der Waals surface area contributed by atoms with Gasteiger partial charge < -0.3 is 14.4 Å². The van der Waals surface area contributed by atoms with Crippen molar-refractivity contribution in [2.24, 2.45) is 0 Å². The minimum Gasteiger partial charge on any atom is -0.497 e. The van der Waals surface area contributed by atoms with Crippen LogP contribution in [-0.2, 0) is 6.54 Å². The molecule has 1 aliphatic heterocycles. The predicted molar refractivity (Wildman–Crippen MR) is 114 cm³/mol. The van der Waals surface area contributed by atoms with Crippen LogP contribution in [0.4, 0.5) is 0 Å². The van der Waals surface area contributed by atoms with Crippen LogP contribution in [0.15, 0.2) is 60.8 Å². The lowest BCUT2D eigenvalue weighted by Gasteiger charge is -2.34. The maximum absolute atomic E-state index is 12.9. The van der Waals surface area contributed by atoms with Crippen LogP contribution in [0.5, 0.6) is 11.5 Å². The molecule has 7 nitrogen and oxygen atoms in total. The zero-order valence-electron chi connectivity index (χ0n) is 17.3. The summed E-state index contributed by atoms with van der Waals surface area (Å²) in [6.07, 6.45) is 1.83. The Morgan fingerprint density at radius 3 is 2.43 bits per heavy atom. The van der Waals surface area contributed by atoms with Gasteiger partial charge in [-0.3, -0.25) is 9.69 Å². The summed E-state index contributed by atoms with van der Waals surface area (Å²) < 4.78 is 12.6. The molecule has 2 aromatic carbocycles. The number of methoxy groups -OCH3 is 2. The van der Waals surface area contributed by atoms with Gasteiger partial charge >= 0.3 is 0 Å². The molecule has 1 fully saturated rings. The third kappa shape index (κ3) is 4.31. The van der Waals surface area contributed by atoms with E-state index in [9.17, 15) is 4.79 Å². The first-order valence-corrected chi connectivity index (χ1v) is 10.0. The molecule has 0 unspecified atom stereocenters. The van der Waals surface area contributed by atoms with Crippen LogP contribution >= 0.6 is 0 Å². The van der Waals surface area contributed by atoms with E-state index >= 15 is 0 Å². The van der Waals surface area contributed by atoms with Gasteiger partial charge in [0.1, 0.15) is 11.5 Å². The van der Waals surface area contributed by atoms with Crippen molar-refractivity contribution < 1.29 is 14.3 Å². The van der Waals surface area contributed by atoms with E-state index in [4.69, 9.17) is 9.47 Å². The Balaban J connectivity index is 1.37. The number of ether oxygens (including phenoxy) is 2. The van der Waals surface area contributed by atoms with Crippen molar-refractivity contribution in [2.75, 3.05) is 40.4 Å². The van der Waals surface area contributed by atoms with Gasteiger partial charge in [0, 0.05) is 44.5 Å². The van der Waals surface area contributed by atoms with E-state index in [0.29, 0.717) is 18.8 Å². The topological polar surface area (TPSA) is 59.8 Å². The molecule has 156 valence electrons. The lowest BCUT2D eigenvalue weighted by molar-refractivity contribution is 0.0621. The number of benzene rings is 2. The number of hydrogen-bond donors (Lipinski definition) is 0. The molecule has 2 heterocycles. The molecule has 3 aromatic rings. The number of hydrogen-bond acceptors (Lipinski definition) is 5. The summed E-state index contributed by atoms with van der Waals surface area (Å²) in [5, 5.41) is 4.47. The number of nitrogens with zero attached hydrogens (tertiary/aromatic N) is 4. The number of carbonyl (C=O) groups excluding carboxylic acids is 1. The average molecular weight is 406 g/mol. The van der Waals surface area contributed by atoms with Gasteiger partial charge in [0.15, 0.2) is 5.69 Å². The molecule has 0 spiro atoms. The van der Waals surface area contributed by atoms with Crippen molar-refractivity contribution in [1.29, 1.82) is 0 Å². The zero-order valence-corrected chi connectivity index (χ0v) is 17.3. The van der Waals surface area contributed by atoms with Gasteiger partial charge in [0.2, 0.25) is 0 Å². The summed E-state index contributed by atoms with van der Waals surface area (Å²) in [6, 6.07) is 17.4. The van der Waals surface area contributed by atoms with Gasteiger partial charge in [-0.25, -0.2) is 4.68 Å². The maximum atomic E-state index is 12.9. The molecule has 1 amide bonds. The number of amides is 1. The maximum Gasteiger partial charge on any atom is 0.274 e. The fourth-order valence-corrected chi connectivity index (χ4v) is 3.68. The van der Waals surface area contributed by atoms with Crippen molar-refractivity contribution in [3.63, 3.8) is 0 Å². The highest BCUT2D eigenvalue weighted by Gasteiger charge is 2.24. The van der Waals surface area contributed by atoms with Crippen LogP contribution in [-0.4, -0.2) is 65.9 Å². The average Bonchev–Trinajstić information content (AvgIpc) is 3.30. The summed E-state index contributed by atoms with van der Waals surface area (Å²) in [5.41, 5.74) is 2.49. The Morgan fingerprint density at radius 1 is 0.967 bits per heavy atom. The van der Waals surface area contributed by atoms with Crippen molar-refractivity contribution in [1.82, 2.24) is 19.6 Å². The Morgan fingerprint density at radius 2 is 1.73 bits per heavy atom. The van der Waals surface area contributed by atoms with E-state index in [1.807, 2.05) is 59.6 Å². The highest BCUT2D eigenvalue weighted by atomic mass is 16.5. The molecule has 0 saturated carbocycles. The van der Waals surface area contributed by atoms with E-state index in [1.165, 1.54) is 0 Å². The van der Waals surface area contributed by atoms with E-state index in [1.54, 1.807) is 25.0 Å². The predicted octanol–water partition coefficient (Wildman–Crippen LogP) is 2.85. The number of para-hydroxylation sites is 1. The van der Waals surface area contributed by atoms with Crippen LogP contribution in [0, 0.1) is 0 Å². The van der Waals surface area contributed by atoms with E-state index in [-0.39, 0.29) is 5.91 Å². The van der Waals surface area contributed by atoms with Crippen molar-refractivity contribution in [3.05, 3.63) is 72.1 Å². The fourth-order valence-electron chi connectivity index (χ4n) is 3.68.